The Morgan fingerprint density at radius 2 is 2.03 bits per heavy atom. The average Bonchev–Trinajstić information content (AvgIpc) is 3.17. The molecule has 0 unspecified atom stereocenters. The summed E-state index contributed by atoms with van der Waals surface area (Å²) in [4.78, 5) is 36.7. The molecule has 0 aliphatic rings. The van der Waals surface area contributed by atoms with E-state index < -0.39 is 16.8 Å². The lowest BCUT2D eigenvalue weighted by Crippen LogP contribution is -2.18. The molecule has 0 spiro atoms. The van der Waals surface area contributed by atoms with E-state index in [2.05, 4.69) is 15.5 Å². The van der Waals surface area contributed by atoms with Crippen molar-refractivity contribution in [3.63, 3.8) is 0 Å². The third kappa shape index (κ3) is 4.62. The molecule has 2 aromatic heterocycles. The molecule has 1 amide bonds. The van der Waals surface area contributed by atoms with Crippen LogP contribution in [-0.4, -0.2) is 33.1 Å². The zero-order chi connectivity index (χ0) is 21.0. The number of halogens is 1. The first-order valence-corrected chi connectivity index (χ1v) is 8.30. The Morgan fingerprint density at radius 3 is 2.69 bits per heavy atom. The molecule has 1 aromatic carbocycles. The predicted octanol–water partition coefficient (Wildman–Crippen LogP) is 3.37. The molecule has 10 nitrogen and oxygen atoms in total. The molecule has 2 N–H and O–H groups in total. The maximum Gasteiger partial charge on any atom is 0.337 e. The molecule has 0 aliphatic heterocycles. The van der Waals surface area contributed by atoms with Crippen molar-refractivity contribution < 1.29 is 24.0 Å². The average molecular weight is 415 g/mol. The van der Waals surface area contributed by atoms with Crippen LogP contribution in [0.5, 0.6) is 0 Å². The SMILES string of the molecule is O=C(N/N=C/c1ccc(-c2ccc(Cl)c(C(=O)O)c2)o1)c1ccc([N+](=O)[O-])cn1. The molecule has 0 bridgehead atoms. The number of carbonyl (C=O) groups excluding carboxylic acids is 1. The summed E-state index contributed by atoms with van der Waals surface area (Å²) in [6.07, 6.45) is 2.20. The van der Waals surface area contributed by atoms with Crippen molar-refractivity contribution in [3.05, 3.63) is 80.8 Å². The monoisotopic (exact) mass is 414 g/mol. The van der Waals surface area contributed by atoms with Crippen molar-refractivity contribution in [2.24, 2.45) is 5.10 Å². The highest BCUT2D eigenvalue weighted by Gasteiger charge is 2.13. The summed E-state index contributed by atoms with van der Waals surface area (Å²) in [5.74, 6) is -1.14. The number of carbonyl (C=O) groups is 2. The second kappa shape index (κ2) is 8.31. The number of rotatable bonds is 6. The summed E-state index contributed by atoms with van der Waals surface area (Å²) in [6.45, 7) is 0. The topological polar surface area (TPSA) is 148 Å². The van der Waals surface area contributed by atoms with E-state index in [0.717, 1.165) is 12.3 Å². The lowest BCUT2D eigenvalue weighted by Gasteiger charge is -2.02. The summed E-state index contributed by atoms with van der Waals surface area (Å²) in [7, 11) is 0. The molecular weight excluding hydrogens is 404 g/mol. The van der Waals surface area contributed by atoms with E-state index in [4.69, 9.17) is 21.1 Å². The maximum atomic E-state index is 11.9. The predicted molar refractivity (Wildman–Crippen MR) is 102 cm³/mol. The number of hydrogen-bond donors (Lipinski definition) is 2. The Labute approximate surface area is 167 Å². The fourth-order valence-corrected chi connectivity index (χ4v) is 2.46. The number of nitro groups is 1. The van der Waals surface area contributed by atoms with Crippen molar-refractivity contribution in [2.45, 2.75) is 0 Å². The van der Waals surface area contributed by atoms with Crippen molar-refractivity contribution >= 4 is 35.4 Å². The van der Waals surface area contributed by atoms with Gasteiger partial charge in [-0.15, -0.1) is 0 Å². The Bertz CT molecular complexity index is 1120. The number of carboxylic acids is 1. The summed E-state index contributed by atoms with van der Waals surface area (Å²) >= 11 is 5.85. The molecule has 0 atom stereocenters. The van der Waals surface area contributed by atoms with E-state index in [9.17, 15) is 19.7 Å². The highest BCUT2D eigenvalue weighted by Crippen LogP contribution is 2.26. The Balaban J connectivity index is 1.67. The lowest BCUT2D eigenvalue weighted by molar-refractivity contribution is -0.385. The number of aromatic carboxylic acids is 1. The van der Waals surface area contributed by atoms with E-state index in [1.54, 1.807) is 18.2 Å². The van der Waals surface area contributed by atoms with Gasteiger partial charge < -0.3 is 9.52 Å². The van der Waals surface area contributed by atoms with Crippen LogP contribution in [0.25, 0.3) is 11.3 Å². The summed E-state index contributed by atoms with van der Waals surface area (Å²) in [5, 5.41) is 23.6. The number of amides is 1. The smallest absolute Gasteiger partial charge is 0.337 e. The van der Waals surface area contributed by atoms with Gasteiger partial charge in [-0.2, -0.15) is 5.10 Å². The maximum absolute atomic E-state index is 11.9. The zero-order valence-electron chi connectivity index (χ0n) is 14.4. The molecule has 29 heavy (non-hydrogen) atoms. The number of hydrazone groups is 1. The van der Waals surface area contributed by atoms with Crippen LogP contribution in [0.1, 0.15) is 26.6 Å². The van der Waals surface area contributed by atoms with Crippen molar-refractivity contribution in [1.82, 2.24) is 10.4 Å². The van der Waals surface area contributed by atoms with E-state index in [1.807, 2.05) is 0 Å². The van der Waals surface area contributed by atoms with Crippen LogP contribution in [0.4, 0.5) is 5.69 Å². The van der Waals surface area contributed by atoms with Gasteiger partial charge in [0.25, 0.3) is 11.6 Å². The van der Waals surface area contributed by atoms with Crippen LogP contribution in [0.3, 0.4) is 0 Å². The minimum absolute atomic E-state index is 0.0461. The number of hydrogen-bond acceptors (Lipinski definition) is 7. The van der Waals surface area contributed by atoms with Gasteiger partial charge in [0.05, 0.1) is 21.7 Å². The number of aromatic nitrogens is 1. The largest absolute Gasteiger partial charge is 0.478 e. The first-order valence-electron chi connectivity index (χ1n) is 7.92. The molecule has 3 aromatic rings. The highest BCUT2D eigenvalue weighted by molar-refractivity contribution is 6.33. The van der Waals surface area contributed by atoms with Crippen LogP contribution >= 0.6 is 11.6 Å². The van der Waals surface area contributed by atoms with Gasteiger partial charge in [0.1, 0.15) is 23.4 Å². The minimum atomic E-state index is -1.16. The number of carboxylic acid groups (broad SMARTS) is 1. The minimum Gasteiger partial charge on any atom is -0.478 e. The second-order valence-corrected chi connectivity index (χ2v) is 5.97. The third-order valence-corrected chi connectivity index (χ3v) is 3.99. The van der Waals surface area contributed by atoms with Gasteiger partial charge in [0.15, 0.2) is 0 Å². The molecular formula is C18H11ClN4O6. The molecule has 2 heterocycles. The number of furan rings is 1. The Hall–Kier alpha value is -4.05. The van der Waals surface area contributed by atoms with Gasteiger partial charge in [-0.05, 0) is 36.4 Å². The molecule has 0 saturated carbocycles. The van der Waals surface area contributed by atoms with Crippen molar-refractivity contribution in [3.8, 4) is 11.3 Å². The Kier molecular flexibility index (Phi) is 5.65. The fourth-order valence-electron chi connectivity index (χ4n) is 2.26. The second-order valence-electron chi connectivity index (χ2n) is 5.56. The van der Waals surface area contributed by atoms with Gasteiger partial charge in [-0.3, -0.25) is 14.9 Å². The first kappa shape index (κ1) is 19.7. The molecule has 0 aliphatic carbocycles. The van der Waals surface area contributed by atoms with Crippen LogP contribution in [0.15, 0.2) is 58.2 Å². The van der Waals surface area contributed by atoms with E-state index >= 15 is 0 Å². The molecule has 3 rings (SSSR count). The molecule has 0 saturated heterocycles. The van der Waals surface area contributed by atoms with Crippen LogP contribution in [0, 0.1) is 10.1 Å². The molecule has 11 heteroatoms. The van der Waals surface area contributed by atoms with Crippen LogP contribution in [0.2, 0.25) is 5.02 Å². The summed E-state index contributed by atoms with van der Waals surface area (Å²) < 4.78 is 5.55. The van der Waals surface area contributed by atoms with Crippen molar-refractivity contribution in [1.29, 1.82) is 0 Å². The van der Waals surface area contributed by atoms with Crippen molar-refractivity contribution in [2.75, 3.05) is 0 Å². The standard InChI is InChI=1S/C18H11ClN4O6/c19-14-4-1-10(7-13(14)18(25)26)16-6-3-12(29-16)9-21-22-17(24)15-5-2-11(8-20-15)23(27)28/h1-9H,(H,22,24)(H,25,26)/b21-9+. The summed E-state index contributed by atoms with van der Waals surface area (Å²) in [6, 6.07) is 9.98. The highest BCUT2D eigenvalue weighted by atomic mass is 35.5. The van der Waals surface area contributed by atoms with Gasteiger partial charge in [0.2, 0.25) is 0 Å². The summed E-state index contributed by atoms with van der Waals surface area (Å²) in [5.41, 5.74) is 2.39. The number of nitrogens with one attached hydrogen (secondary N) is 1. The van der Waals surface area contributed by atoms with Crippen LogP contribution < -0.4 is 5.43 Å². The van der Waals surface area contributed by atoms with Gasteiger partial charge in [-0.1, -0.05) is 11.6 Å². The molecule has 0 radical (unpaired) electrons. The zero-order valence-corrected chi connectivity index (χ0v) is 15.2. The van der Waals surface area contributed by atoms with E-state index in [-0.39, 0.29) is 22.0 Å². The van der Waals surface area contributed by atoms with E-state index in [0.29, 0.717) is 17.1 Å². The van der Waals surface area contributed by atoms with E-state index in [1.165, 1.54) is 24.4 Å². The number of benzene rings is 1. The first-order chi connectivity index (χ1) is 13.8. The van der Waals surface area contributed by atoms with Gasteiger partial charge in [-0.25, -0.2) is 15.2 Å². The van der Waals surface area contributed by atoms with Gasteiger partial charge in [0, 0.05) is 11.6 Å². The normalized spacial score (nSPS) is 10.8. The quantitative estimate of drug-likeness (QED) is 0.357. The van der Waals surface area contributed by atoms with Gasteiger partial charge >= 0.3 is 5.97 Å². The lowest BCUT2D eigenvalue weighted by atomic mass is 10.1. The number of nitrogens with zero attached hydrogens (tertiary/aromatic N) is 3. The van der Waals surface area contributed by atoms with Crippen LogP contribution in [-0.2, 0) is 0 Å². The molecule has 146 valence electrons. The fraction of sp³-hybridized carbons (Fsp3) is 0. The Morgan fingerprint density at radius 1 is 1.24 bits per heavy atom. The number of pyridine rings is 1. The molecule has 0 fully saturated rings. The third-order valence-electron chi connectivity index (χ3n) is 3.66.